The summed E-state index contributed by atoms with van der Waals surface area (Å²) < 4.78 is 5.44. The van der Waals surface area contributed by atoms with E-state index in [9.17, 15) is 14.7 Å². The maximum Gasteiger partial charge on any atom is 0.410 e. The minimum Gasteiger partial charge on any atom is -0.444 e. The van der Waals surface area contributed by atoms with E-state index in [1.807, 2.05) is 32.9 Å². The van der Waals surface area contributed by atoms with E-state index in [4.69, 9.17) is 4.74 Å². The standard InChI is InChI=1S/C20H28N2O4/c1-20(2,3)26-19(25)21-10-8-15(9-11-21)14-4-6-16(7-5-14)22-13-17(23)12-18(22)24/h4-7,15,17,23H,8-13H2,1-3H3. The van der Waals surface area contributed by atoms with E-state index in [0.717, 1.165) is 18.5 Å². The second-order valence-electron chi connectivity index (χ2n) is 8.20. The van der Waals surface area contributed by atoms with Gasteiger partial charge in [-0.15, -0.1) is 0 Å². The Labute approximate surface area is 154 Å². The van der Waals surface area contributed by atoms with Gasteiger partial charge in [0.2, 0.25) is 5.91 Å². The van der Waals surface area contributed by atoms with Gasteiger partial charge in [0.05, 0.1) is 19.1 Å². The van der Waals surface area contributed by atoms with Crippen LogP contribution in [-0.2, 0) is 9.53 Å². The van der Waals surface area contributed by atoms with Crippen LogP contribution in [0, 0.1) is 0 Å². The average molecular weight is 360 g/mol. The van der Waals surface area contributed by atoms with Crippen LogP contribution < -0.4 is 4.90 Å². The Morgan fingerprint density at radius 2 is 1.77 bits per heavy atom. The van der Waals surface area contributed by atoms with Crippen LogP contribution in [-0.4, -0.2) is 53.3 Å². The lowest BCUT2D eigenvalue weighted by atomic mass is 9.89. The number of likely N-dealkylation sites (tertiary alicyclic amines) is 1. The van der Waals surface area contributed by atoms with Gasteiger partial charge in [-0.25, -0.2) is 4.79 Å². The summed E-state index contributed by atoms with van der Waals surface area (Å²) in [5.41, 5.74) is 1.59. The number of anilines is 1. The number of carbonyl (C=O) groups is 2. The second-order valence-corrected chi connectivity index (χ2v) is 8.20. The summed E-state index contributed by atoms with van der Waals surface area (Å²) in [4.78, 5) is 27.5. The highest BCUT2D eigenvalue weighted by Gasteiger charge is 2.30. The number of piperidine rings is 1. The van der Waals surface area contributed by atoms with E-state index < -0.39 is 11.7 Å². The van der Waals surface area contributed by atoms with E-state index in [1.54, 1.807) is 9.80 Å². The Morgan fingerprint density at radius 1 is 1.15 bits per heavy atom. The van der Waals surface area contributed by atoms with Gasteiger partial charge in [0, 0.05) is 18.8 Å². The molecule has 142 valence electrons. The molecular formula is C20H28N2O4. The van der Waals surface area contributed by atoms with Gasteiger partial charge in [0.1, 0.15) is 5.60 Å². The van der Waals surface area contributed by atoms with E-state index in [2.05, 4.69) is 12.1 Å². The number of hydrogen-bond acceptors (Lipinski definition) is 4. The fraction of sp³-hybridized carbons (Fsp3) is 0.600. The molecule has 0 bridgehead atoms. The maximum absolute atomic E-state index is 12.2. The quantitative estimate of drug-likeness (QED) is 0.880. The molecular weight excluding hydrogens is 332 g/mol. The van der Waals surface area contributed by atoms with Gasteiger partial charge in [-0.05, 0) is 57.2 Å². The van der Waals surface area contributed by atoms with E-state index in [-0.39, 0.29) is 18.4 Å². The second kappa shape index (κ2) is 7.27. The van der Waals surface area contributed by atoms with E-state index in [1.165, 1.54) is 5.56 Å². The van der Waals surface area contributed by atoms with Crippen molar-refractivity contribution in [3.8, 4) is 0 Å². The highest BCUT2D eigenvalue weighted by atomic mass is 16.6. The summed E-state index contributed by atoms with van der Waals surface area (Å²) in [6.45, 7) is 7.39. The van der Waals surface area contributed by atoms with Crippen molar-refractivity contribution in [3.05, 3.63) is 29.8 Å². The number of aliphatic hydroxyl groups excluding tert-OH is 1. The third-order valence-electron chi connectivity index (χ3n) is 4.93. The molecule has 0 aromatic heterocycles. The van der Waals surface area contributed by atoms with Gasteiger partial charge >= 0.3 is 6.09 Å². The van der Waals surface area contributed by atoms with Crippen molar-refractivity contribution in [2.45, 2.75) is 57.7 Å². The Balaban J connectivity index is 1.57. The molecule has 0 spiro atoms. The molecule has 1 aromatic carbocycles. The molecule has 0 saturated carbocycles. The Kier molecular flexibility index (Phi) is 5.23. The molecule has 26 heavy (non-hydrogen) atoms. The highest BCUT2D eigenvalue weighted by Crippen LogP contribution is 2.31. The Hall–Kier alpha value is -2.08. The highest BCUT2D eigenvalue weighted by molar-refractivity contribution is 5.96. The first kappa shape index (κ1) is 18.7. The zero-order chi connectivity index (χ0) is 18.9. The number of β-amino-alcohol motifs (C(OH)–C–C–N with tert-alkyl or cyclic N) is 1. The molecule has 2 saturated heterocycles. The molecule has 2 heterocycles. The molecule has 6 heteroatoms. The number of benzene rings is 1. The van der Waals surface area contributed by atoms with Crippen molar-refractivity contribution in [2.75, 3.05) is 24.5 Å². The lowest BCUT2D eigenvalue weighted by Crippen LogP contribution is -2.41. The minimum atomic E-state index is -0.570. The Morgan fingerprint density at radius 3 is 2.27 bits per heavy atom. The van der Waals surface area contributed by atoms with Gasteiger partial charge in [-0.1, -0.05) is 12.1 Å². The zero-order valence-corrected chi connectivity index (χ0v) is 15.8. The number of hydrogen-bond donors (Lipinski definition) is 1. The topological polar surface area (TPSA) is 70.1 Å². The van der Waals surface area contributed by atoms with Crippen LogP contribution in [0.25, 0.3) is 0 Å². The monoisotopic (exact) mass is 360 g/mol. The van der Waals surface area contributed by atoms with Crippen LogP contribution in [0.4, 0.5) is 10.5 Å². The van der Waals surface area contributed by atoms with Crippen molar-refractivity contribution in [3.63, 3.8) is 0 Å². The number of aliphatic hydroxyl groups is 1. The summed E-state index contributed by atoms with van der Waals surface area (Å²) >= 11 is 0. The molecule has 1 N–H and O–H groups in total. The third kappa shape index (κ3) is 4.36. The lowest BCUT2D eigenvalue weighted by molar-refractivity contribution is -0.117. The molecule has 2 aliphatic heterocycles. The van der Waals surface area contributed by atoms with Gasteiger partial charge < -0.3 is 19.6 Å². The molecule has 1 aromatic rings. The molecule has 6 nitrogen and oxygen atoms in total. The number of carbonyl (C=O) groups excluding carboxylic acids is 2. The molecule has 3 rings (SSSR count). The average Bonchev–Trinajstić information content (AvgIpc) is 2.92. The Bertz CT molecular complexity index is 657. The number of ether oxygens (including phenoxy) is 1. The first-order chi connectivity index (χ1) is 12.2. The number of nitrogens with zero attached hydrogens (tertiary/aromatic N) is 2. The smallest absolute Gasteiger partial charge is 0.410 e. The van der Waals surface area contributed by atoms with Crippen molar-refractivity contribution in [2.24, 2.45) is 0 Å². The predicted molar refractivity (Wildman–Crippen MR) is 99.2 cm³/mol. The summed E-state index contributed by atoms with van der Waals surface area (Å²) in [5, 5.41) is 9.63. The maximum atomic E-state index is 12.2. The fourth-order valence-electron chi connectivity index (χ4n) is 3.59. The van der Waals surface area contributed by atoms with Crippen molar-refractivity contribution >= 4 is 17.7 Å². The summed E-state index contributed by atoms with van der Waals surface area (Å²) in [5.74, 6) is 0.374. The minimum absolute atomic E-state index is 0.0316. The summed E-state index contributed by atoms with van der Waals surface area (Å²) in [6, 6.07) is 8.01. The molecule has 2 aliphatic rings. The summed E-state index contributed by atoms with van der Waals surface area (Å²) in [7, 11) is 0. The van der Waals surface area contributed by atoms with Gasteiger partial charge in [0.15, 0.2) is 0 Å². The van der Waals surface area contributed by atoms with E-state index in [0.29, 0.717) is 25.6 Å². The molecule has 2 amide bonds. The van der Waals surface area contributed by atoms with Gasteiger partial charge in [0.25, 0.3) is 0 Å². The van der Waals surface area contributed by atoms with Crippen LogP contribution >= 0.6 is 0 Å². The van der Waals surface area contributed by atoms with Crippen LogP contribution in [0.15, 0.2) is 24.3 Å². The first-order valence-corrected chi connectivity index (χ1v) is 9.29. The molecule has 1 unspecified atom stereocenters. The normalized spacial score (nSPS) is 22.0. The molecule has 1 atom stereocenters. The van der Waals surface area contributed by atoms with Crippen LogP contribution in [0.3, 0.4) is 0 Å². The lowest BCUT2D eigenvalue weighted by Gasteiger charge is -2.33. The SMILES string of the molecule is CC(C)(C)OC(=O)N1CCC(c2ccc(N3CC(O)CC3=O)cc2)CC1. The molecule has 0 radical (unpaired) electrons. The predicted octanol–water partition coefficient (Wildman–Crippen LogP) is 2.90. The van der Waals surface area contributed by atoms with Crippen molar-refractivity contribution < 1.29 is 19.4 Å². The van der Waals surface area contributed by atoms with Gasteiger partial charge in [-0.3, -0.25) is 4.79 Å². The van der Waals surface area contributed by atoms with Crippen LogP contribution in [0.1, 0.15) is 51.5 Å². The van der Waals surface area contributed by atoms with Crippen molar-refractivity contribution in [1.29, 1.82) is 0 Å². The number of rotatable bonds is 2. The van der Waals surface area contributed by atoms with Crippen LogP contribution in [0.5, 0.6) is 0 Å². The van der Waals surface area contributed by atoms with Crippen molar-refractivity contribution in [1.82, 2.24) is 4.90 Å². The zero-order valence-electron chi connectivity index (χ0n) is 15.8. The van der Waals surface area contributed by atoms with Gasteiger partial charge in [-0.2, -0.15) is 0 Å². The number of amides is 2. The van der Waals surface area contributed by atoms with Crippen LogP contribution in [0.2, 0.25) is 0 Å². The molecule has 0 aliphatic carbocycles. The fourth-order valence-corrected chi connectivity index (χ4v) is 3.59. The first-order valence-electron chi connectivity index (χ1n) is 9.29. The largest absolute Gasteiger partial charge is 0.444 e. The third-order valence-corrected chi connectivity index (χ3v) is 4.93. The van der Waals surface area contributed by atoms with E-state index >= 15 is 0 Å². The summed E-state index contributed by atoms with van der Waals surface area (Å²) in [6.07, 6.45) is 1.20. The molecule has 2 fully saturated rings.